The predicted octanol–water partition coefficient (Wildman–Crippen LogP) is 1.17. The Kier molecular flexibility index (Phi) is 5.19. The van der Waals surface area contributed by atoms with E-state index < -0.39 is 0 Å². The zero-order chi connectivity index (χ0) is 10.2. The molecule has 1 N–H and O–H groups in total. The second kappa shape index (κ2) is 6.51. The normalized spacial score (nSPS) is 10.4. The second-order valence-electron chi connectivity index (χ2n) is 3.30. The van der Waals surface area contributed by atoms with Crippen LogP contribution in [0.2, 0.25) is 0 Å². The Morgan fingerprint density at radius 2 is 2.21 bits per heavy atom. The van der Waals surface area contributed by atoms with Gasteiger partial charge in [-0.05, 0) is 31.5 Å². The molecule has 0 fully saturated rings. The molecule has 0 amide bonds. The number of pyridine rings is 1. The maximum atomic E-state index is 4.93. The van der Waals surface area contributed by atoms with Crippen molar-refractivity contribution in [2.75, 3.05) is 26.8 Å². The van der Waals surface area contributed by atoms with E-state index in [1.165, 1.54) is 5.56 Å². The summed E-state index contributed by atoms with van der Waals surface area (Å²) in [4.78, 5) is 4.24. The van der Waals surface area contributed by atoms with Gasteiger partial charge in [-0.1, -0.05) is 6.07 Å². The number of nitrogens with zero attached hydrogens (tertiary/aromatic N) is 1. The van der Waals surface area contributed by atoms with E-state index in [0.717, 1.165) is 31.8 Å². The second-order valence-corrected chi connectivity index (χ2v) is 3.30. The van der Waals surface area contributed by atoms with Crippen molar-refractivity contribution >= 4 is 0 Å². The van der Waals surface area contributed by atoms with Crippen molar-refractivity contribution in [3.05, 3.63) is 29.6 Å². The standard InChI is InChI=1S/C11H18N2O/c1-10-3-4-11(9-13-10)5-6-12-7-8-14-2/h3-4,9,12H,5-8H2,1-2H3. The number of nitrogens with one attached hydrogen (secondary N) is 1. The van der Waals surface area contributed by atoms with Gasteiger partial charge in [0, 0.05) is 25.5 Å². The maximum absolute atomic E-state index is 4.93. The highest BCUT2D eigenvalue weighted by molar-refractivity contribution is 5.13. The maximum Gasteiger partial charge on any atom is 0.0587 e. The lowest BCUT2D eigenvalue weighted by atomic mass is 10.2. The molecule has 78 valence electrons. The molecule has 1 aromatic heterocycles. The van der Waals surface area contributed by atoms with E-state index in [-0.39, 0.29) is 0 Å². The molecule has 0 saturated heterocycles. The van der Waals surface area contributed by atoms with E-state index in [2.05, 4.69) is 16.4 Å². The third kappa shape index (κ3) is 4.35. The summed E-state index contributed by atoms with van der Waals surface area (Å²) >= 11 is 0. The van der Waals surface area contributed by atoms with E-state index in [9.17, 15) is 0 Å². The zero-order valence-corrected chi connectivity index (χ0v) is 8.92. The lowest BCUT2D eigenvalue weighted by Gasteiger charge is -2.03. The quantitative estimate of drug-likeness (QED) is 0.690. The smallest absolute Gasteiger partial charge is 0.0587 e. The van der Waals surface area contributed by atoms with Gasteiger partial charge in [0.25, 0.3) is 0 Å². The molecule has 0 unspecified atom stereocenters. The first-order chi connectivity index (χ1) is 6.83. The molecule has 0 aliphatic heterocycles. The van der Waals surface area contributed by atoms with Crippen LogP contribution in [0.1, 0.15) is 11.3 Å². The van der Waals surface area contributed by atoms with Crippen LogP contribution < -0.4 is 5.32 Å². The molecule has 0 aliphatic rings. The van der Waals surface area contributed by atoms with Gasteiger partial charge in [0.05, 0.1) is 6.61 Å². The van der Waals surface area contributed by atoms with Crippen LogP contribution in [-0.4, -0.2) is 31.8 Å². The van der Waals surface area contributed by atoms with Crippen LogP contribution in [-0.2, 0) is 11.2 Å². The Morgan fingerprint density at radius 1 is 1.36 bits per heavy atom. The number of rotatable bonds is 6. The molecule has 3 nitrogen and oxygen atoms in total. The first-order valence-corrected chi connectivity index (χ1v) is 4.94. The largest absolute Gasteiger partial charge is 0.383 e. The number of aryl methyl sites for hydroxylation is 1. The highest BCUT2D eigenvalue weighted by atomic mass is 16.5. The minimum absolute atomic E-state index is 0.770. The van der Waals surface area contributed by atoms with Crippen LogP contribution in [0.5, 0.6) is 0 Å². The van der Waals surface area contributed by atoms with E-state index in [0.29, 0.717) is 0 Å². The van der Waals surface area contributed by atoms with E-state index >= 15 is 0 Å². The monoisotopic (exact) mass is 194 g/mol. The molecule has 3 heteroatoms. The highest BCUT2D eigenvalue weighted by Gasteiger charge is 1.92. The zero-order valence-electron chi connectivity index (χ0n) is 8.92. The first-order valence-electron chi connectivity index (χ1n) is 4.94. The third-order valence-corrected chi connectivity index (χ3v) is 2.05. The predicted molar refractivity (Wildman–Crippen MR) is 57.4 cm³/mol. The molecular weight excluding hydrogens is 176 g/mol. The molecule has 14 heavy (non-hydrogen) atoms. The topological polar surface area (TPSA) is 34.1 Å². The summed E-state index contributed by atoms with van der Waals surface area (Å²) < 4.78 is 4.93. The summed E-state index contributed by atoms with van der Waals surface area (Å²) in [6, 6.07) is 4.17. The van der Waals surface area contributed by atoms with Crippen LogP contribution in [0.4, 0.5) is 0 Å². The van der Waals surface area contributed by atoms with Crippen LogP contribution >= 0.6 is 0 Å². The van der Waals surface area contributed by atoms with Crippen molar-refractivity contribution < 1.29 is 4.74 Å². The minimum Gasteiger partial charge on any atom is -0.383 e. The molecule has 1 aromatic rings. The average Bonchev–Trinajstić information content (AvgIpc) is 2.21. The minimum atomic E-state index is 0.770. The fraction of sp³-hybridized carbons (Fsp3) is 0.545. The molecule has 0 aromatic carbocycles. The lowest BCUT2D eigenvalue weighted by Crippen LogP contribution is -2.21. The van der Waals surface area contributed by atoms with Crippen molar-refractivity contribution in [3.63, 3.8) is 0 Å². The molecular formula is C11H18N2O. The molecule has 0 aliphatic carbocycles. The summed E-state index contributed by atoms with van der Waals surface area (Å²) in [6.07, 6.45) is 2.96. The van der Waals surface area contributed by atoms with Crippen LogP contribution in [0.3, 0.4) is 0 Å². The Balaban J connectivity index is 2.15. The fourth-order valence-electron chi connectivity index (χ4n) is 1.18. The summed E-state index contributed by atoms with van der Waals surface area (Å²) in [5, 5.41) is 3.30. The van der Waals surface area contributed by atoms with Gasteiger partial charge in [0.2, 0.25) is 0 Å². The third-order valence-electron chi connectivity index (χ3n) is 2.05. The van der Waals surface area contributed by atoms with Gasteiger partial charge in [0.1, 0.15) is 0 Å². The van der Waals surface area contributed by atoms with Crippen molar-refractivity contribution in [1.82, 2.24) is 10.3 Å². The summed E-state index contributed by atoms with van der Waals surface area (Å²) in [7, 11) is 1.71. The average molecular weight is 194 g/mol. The molecule has 0 saturated carbocycles. The molecule has 1 heterocycles. The van der Waals surface area contributed by atoms with Crippen LogP contribution in [0, 0.1) is 6.92 Å². The number of hydrogen-bond donors (Lipinski definition) is 1. The number of hydrogen-bond acceptors (Lipinski definition) is 3. The molecule has 0 radical (unpaired) electrons. The number of ether oxygens (including phenoxy) is 1. The molecule has 1 rings (SSSR count). The highest BCUT2D eigenvalue weighted by Crippen LogP contribution is 1.99. The Labute approximate surface area is 85.5 Å². The SMILES string of the molecule is COCCNCCc1ccc(C)nc1. The van der Waals surface area contributed by atoms with E-state index in [1.54, 1.807) is 7.11 Å². The van der Waals surface area contributed by atoms with Gasteiger partial charge in [-0.25, -0.2) is 0 Å². The van der Waals surface area contributed by atoms with Gasteiger partial charge < -0.3 is 10.1 Å². The number of aromatic nitrogens is 1. The van der Waals surface area contributed by atoms with Crippen LogP contribution in [0.25, 0.3) is 0 Å². The van der Waals surface area contributed by atoms with Gasteiger partial charge >= 0.3 is 0 Å². The van der Waals surface area contributed by atoms with Crippen molar-refractivity contribution in [2.45, 2.75) is 13.3 Å². The Hall–Kier alpha value is -0.930. The number of methoxy groups -OCH3 is 1. The Bertz CT molecular complexity index is 246. The van der Waals surface area contributed by atoms with Crippen molar-refractivity contribution in [1.29, 1.82) is 0 Å². The van der Waals surface area contributed by atoms with Gasteiger partial charge in [-0.15, -0.1) is 0 Å². The van der Waals surface area contributed by atoms with Crippen molar-refractivity contribution in [3.8, 4) is 0 Å². The van der Waals surface area contributed by atoms with E-state index in [4.69, 9.17) is 4.74 Å². The molecule has 0 atom stereocenters. The van der Waals surface area contributed by atoms with Crippen molar-refractivity contribution in [2.24, 2.45) is 0 Å². The van der Waals surface area contributed by atoms with Gasteiger partial charge in [-0.3, -0.25) is 4.98 Å². The van der Waals surface area contributed by atoms with Gasteiger partial charge in [0.15, 0.2) is 0 Å². The molecule has 0 spiro atoms. The lowest BCUT2D eigenvalue weighted by molar-refractivity contribution is 0.199. The molecule has 0 bridgehead atoms. The van der Waals surface area contributed by atoms with Crippen LogP contribution in [0.15, 0.2) is 18.3 Å². The fourth-order valence-corrected chi connectivity index (χ4v) is 1.18. The summed E-state index contributed by atoms with van der Waals surface area (Å²) in [6.45, 7) is 4.66. The first kappa shape index (κ1) is 11.1. The van der Waals surface area contributed by atoms with Gasteiger partial charge in [-0.2, -0.15) is 0 Å². The summed E-state index contributed by atoms with van der Waals surface area (Å²) in [5.74, 6) is 0. The summed E-state index contributed by atoms with van der Waals surface area (Å²) in [5.41, 5.74) is 2.35. The Morgan fingerprint density at radius 3 is 2.86 bits per heavy atom. The van der Waals surface area contributed by atoms with E-state index in [1.807, 2.05) is 19.2 Å².